The van der Waals surface area contributed by atoms with Gasteiger partial charge in [-0.3, -0.25) is 4.90 Å². The van der Waals surface area contributed by atoms with Crippen LogP contribution in [0.25, 0.3) is 0 Å². The van der Waals surface area contributed by atoms with Crippen molar-refractivity contribution in [3.05, 3.63) is 29.0 Å². The summed E-state index contributed by atoms with van der Waals surface area (Å²) in [5, 5.41) is 0.598. The molecule has 16 heavy (non-hydrogen) atoms. The third-order valence-electron chi connectivity index (χ3n) is 3.44. The molecule has 0 aliphatic carbocycles. The van der Waals surface area contributed by atoms with Crippen molar-refractivity contribution in [2.24, 2.45) is 5.92 Å². The monoisotopic (exact) mass is 238 g/mol. The molecule has 1 aromatic rings. The average molecular weight is 239 g/mol. The van der Waals surface area contributed by atoms with E-state index in [1.807, 2.05) is 12.1 Å². The number of halogens is 1. The van der Waals surface area contributed by atoms with Crippen molar-refractivity contribution < 1.29 is 0 Å². The zero-order valence-corrected chi connectivity index (χ0v) is 10.6. The van der Waals surface area contributed by atoms with E-state index < -0.39 is 0 Å². The molecule has 2 nitrogen and oxygen atoms in total. The summed E-state index contributed by atoms with van der Waals surface area (Å²) in [6, 6.07) is 5.86. The van der Waals surface area contributed by atoms with Crippen molar-refractivity contribution in [2.45, 2.75) is 32.7 Å². The number of rotatable bonds is 3. The molecule has 88 valence electrons. The van der Waals surface area contributed by atoms with Crippen molar-refractivity contribution in [1.29, 1.82) is 0 Å². The zero-order chi connectivity index (χ0) is 11.4. The standard InChI is InChI=1S/C13H19ClN2/c1-2-11-6-8-16(9-7-11)10-12-4-3-5-13(14)15-12/h3-5,11H,2,6-10H2,1H3. The number of hydrogen-bond donors (Lipinski definition) is 0. The van der Waals surface area contributed by atoms with Gasteiger partial charge in [0.1, 0.15) is 5.15 Å². The maximum absolute atomic E-state index is 5.88. The molecule has 1 fully saturated rings. The first-order valence-electron chi connectivity index (χ1n) is 6.11. The van der Waals surface area contributed by atoms with Crippen LogP contribution in [0.4, 0.5) is 0 Å². The van der Waals surface area contributed by atoms with Gasteiger partial charge in [-0.2, -0.15) is 0 Å². The van der Waals surface area contributed by atoms with E-state index in [9.17, 15) is 0 Å². The molecule has 2 rings (SSSR count). The van der Waals surface area contributed by atoms with Gasteiger partial charge in [0.25, 0.3) is 0 Å². The van der Waals surface area contributed by atoms with Crippen LogP contribution < -0.4 is 0 Å². The number of pyridine rings is 1. The van der Waals surface area contributed by atoms with Crippen LogP contribution in [-0.2, 0) is 6.54 Å². The van der Waals surface area contributed by atoms with Gasteiger partial charge in [0.15, 0.2) is 0 Å². The number of piperidine rings is 1. The largest absolute Gasteiger partial charge is 0.297 e. The fourth-order valence-electron chi connectivity index (χ4n) is 2.32. The van der Waals surface area contributed by atoms with E-state index in [1.165, 1.54) is 32.4 Å². The van der Waals surface area contributed by atoms with Gasteiger partial charge < -0.3 is 0 Å². The van der Waals surface area contributed by atoms with Gasteiger partial charge in [0, 0.05) is 6.54 Å². The van der Waals surface area contributed by atoms with Crippen molar-refractivity contribution in [3.8, 4) is 0 Å². The van der Waals surface area contributed by atoms with Crippen LogP contribution in [-0.4, -0.2) is 23.0 Å². The fourth-order valence-corrected chi connectivity index (χ4v) is 2.50. The van der Waals surface area contributed by atoms with Crippen molar-refractivity contribution in [3.63, 3.8) is 0 Å². The molecule has 0 atom stereocenters. The highest BCUT2D eigenvalue weighted by molar-refractivity contribution is 6.29. The molecule has 0 aromatic carbocycles. The number of aromatic nitrogens is 1. The average Bonchev–Trinajstić information content (AvgIpc) is 2.30. The van der Waals surface area contributed by atoms with Gasteiger partial charge in [-0.05, 0) is 44.0 Å². The van der Waals surface area contributed by atoms with Gasteiger partial charge in [-0.1, -0.05) is 31.0 Å². The van der Waals surface area contributed by atoms with Crippen molar-refractivity contribution >= 4 is 11.6 Å². The Morgan fingerprint density at radius 2 is 2.12 bits per heavy atom. The van der Waals surface area contributed by atoms with Crippen LogP contribution in [0.5, 0.6) is 0 Å². The lowest BCUT2D eigenvalue weighted by atomic mass is 9.94. The quantitative estimate of drug-likeness (QED) is 0.751. The molecular weight excluding hydrogens is 220 g/mol. The van der Waals surface area contributed by atoms with Gasteiger partial charge in [-0.15, -0.1) is 0 Å². The predicted octanol–water partition coefficient (Wildman–Crippen LogP) is 3.36. The summed E-state index contributed by atoms with van der Waals surface area (Å²) >= 11 is 5.88. The second-order valence-corrected chi connectivity index (χ2v) is 4.97. The van der Waals surface area contributed by atoms with Crippen LogP contribution in [0.3, 0.4) is 0 Å². The molecule has 1 saturated heterocycles. The molecule has 0 unspecified atom stereocenters. The Labute approximate surface area is 103 Å². The van der Waals surface area contributed by atoms with E-state index in [-0.39, 0.29) is 0 Å². The van der Waals surface area contributed by atoms with Crippen LogP contribution in [0.2, 0.25) is 5.15 Å². The molecular formula is C13H19ClN2. The molecule has 3 heteroatoms. The Morgan fingerprint density at radius 1 is 1.38 bits per heavy atom. The molecule has 1 aliphatic heterocycles. The molecule has 1 aliphatic rings. The Bertz CT molecular complexity index is 332. The van der Waals surface area contributed by atoms with Crippen LogP contribution >= 0.6 is 11.6 Å². The molecule has 0 amide bonds. The van der Waals surface area contributed by atoms with Crippen molar-refractivity contribution in [2.75, 3.05) is 13.1 Å². The smallest absolute Gasteiger partial charge is 0.129 e. The topological polar surface area (TPSA) is 16.1 Å². The molecule has 2 heterocycles. The van der Waals surface area contributed by atoms with Crippen LogP contribution in [0.15, 0.2) is 18.2 Å². The van der Waals surface area contributed by atoms with Gasteiger partial charge in [0.05, 0.1) is 5.69 Å². The highest BCUT2D eigenvalue weighted by Gasteiger charge is 2.17. The Morgan fingerprint density at radius 3 is 2.75 bits per heavy atom. The molecule has 0 radical (unpaired) electrons. The number of hydrogen-bond acceptors (Lipinski definition) is 2. The molecule has 0 saturated carbocycles. The summed E-state index contributed by atoms with van der Waals surface area (Å²) in [7, 11) is 0. The second kappa shape index (κ2) is 5.65. The summed E-state index contributed by atoms with van der Waals surface area (Å²) in [6.45, 7) is 5.63. The highest BCUT2D eigenvalue weighted by Crippen LogP contribution is 2.21. The van der Waals surface area contributed by atoms with Crippen LogP contribution in [0, 0.1) is 5.92 Å². The lowest BCUT2D eigenvalue weighted by molar-refractivity contribution is 0.173. The molecule has 0 bridgehead atoms. The Hall–Kier alpha value is -0.600. The SMILES string of the molecule is CCC1CCN(Cc2cccc(Cl)n2)CC1. The first-order chi connectivity index (χ1) is 7.78. The summed E-state index contributed by atoms with van der Waals surface area (Å²) in [6.07, 6.45) is 3.98. The molecule has 0 spiro atoms. The van der Waals surface area contributed by atoms with E-state index in [0.29, 0.717) is 5.15 Å². The summed E-state index contributed by atoms with van der Waals surface area (Å²) < 4.78 is 0. The lowest BCUT2D eigenvalue weighted by Gasteiger charge is -2.31. The molecule has 0 N–H and O–H groups in total. The fraction of sp³-hybridized carbons (Fsp3) is 0.615. The number of likely N-dealkylation sites (tertiary alicyclic amines) is 1. The summed E-state index contributed by atoms with van der Waals surface area (Å²) in [5.74, 6) is 0.934. The third kappa shape index (κ3) is 3.19. The summed E-state index contributed by atoms with van der Waals surface area (Å²) in [5.41, 5.74) is 1.09. The first kappa shape index (κ1) is 11.9. The maximum atomic E-state index is 5.88. The maximum Gasteiger partial charge on any atom is 0.129 e. The van der Waals surface area contributed by atoms with E-state index in [0.717, 1.165) is 18.2 Å². The summed E-state index contributed by atoms with van der Waals surface area (Å²) in [4.78, 5) is 6.81. The predicted molar refractivity (Wildman–Crippen MR) is 67.5 cm³/mol. The highest BCUT2D eigenvalue weighted by atomic mass is 35.5. The number of nitrogens with zero attached hydrogens (tertiary/aromatic N) is 2. The van der Waals surface area contributed by atoms with E-state index in [4.69, 9.17) is 11.6 Å². The van der Waals surface area contributed by atoms with E-state index >= 15 is 0 Å². The second-order valence-electron chi connectivity index (χ2n) is 4.58. The van der Waals surface area contributed by atoms with Gasteiger partial charge in [-0.25, -0.2) is 4.98 Å². The zero-order valence-electron chi connectivity index (χ0n) is 9.82. The van der Waals surface area contributed by atoms with Crippen LogP contribution in [0.1, 0.15) is 31.9 Å². The third-order valence-corrected chi connectivity index (χ3v) is 3.65. The van der Waals surface area contributed by atoms with Gasteiger partial charge >= 0.3 is 0 Å². The first-order valence-corrected chi connectivity index (χ1v) is 6.49. The van der Waals surface area contributed by atoms with E-state index in [1.54, 1.807) is 0 Å². The molecule has 1 aromatic heterocycles. The van der Waals surface area contributed by atoms with Gasteiger partial charge in [0.2, 0.25) is 0 Å². The van der Waals surface area contributed by atoms with Crippen molar-refractivity contribution in [1.82, 2.24) is 9.88 Å². The minimum atomic E-state index is 0.598. The lowest BCUT2D eigenvalue weighted by Crippen LogP contribution is -2.33. The normalized spacial score (nSPS) is 18.9. The minimum Gasteiger partial charge on any atom is -0.297 e. The minimum absolute atomic E-state index is 0.598. The van der Waals surface area contributed by atoms with E-state index in [2.05, 4.69) is 22.9 Å². The Balaban J connectivity index is 1.87. The Kier molecular flexibility index (Phi) is 4.19.